The van der Waals surface area contributed by atoms with Crippen LogP contribution in [0.2, 0.25) is 0 Å². The average molecular weight is 496 g/mol. The molecule has 1 fully saturated rings. The van der Waals surface area contributed by atoms with Gasteiger partial charge in [0, 0.05) is 12.3 Å². The van der Waals surface area contributed by atoms with E-state index in [9.17, 15) is 19.2 Å². The fourth-order valence-corrected chi connectivity index (χ4v) is 3.98. The summed E-state index contributed by atoms with van der Waals surface area (Å²) in [6.45, 7) is 3.52. The second-order valence-electron chi connectivity index (χ2n) is 9.28. The van der Waals surface area contributed by atoms with Gasteiger partial charge in [-0.1, -0.05) is 42.5 Å². The molecule has 3 amide bonds. The van der Waals surface area contributed by atoms with Crippen molar-refractivity contribution in [2.45, 2.75) is 50.8 Å². The molecule has 1 aliphatic rings. The van der Waals surface area contributed by atoms with Crippen LogP contribution in [0.1, 0.15) is 31.4 Å². The first-order valence-electron chi connectivity index (χ1n) is 11.9. The molecule has 192 valence electrons. The van der Waals surface area contributed by atoms with E-state index in [1.54, 1.807) is 26.2 Å². The standard InChI is InChI=1S/C27H33N3O6/c1-17(29-26(28)34)23(31)15-20(13-19-9-11-21(35-3)12-10-19)25(33)30-22(24(32)27(2)16-36-27)14-18-7-5-4-6-8-18/h4-12,17,20,22H,13-16H2,1-3H3,(H,30,33)(H3,28,29,34). The van der Waals surface area contributed by atoms with E-state index in [-0.39, 0.29) is 24.4 Å². The zero-order valence-corrected chi connectivity index (χ0v) is 20.8. The molecule has 1 aliphatic heterocycles. The lowest BCUT2D eigenvalue weighted by Crippen LogP contribution is -2.50. The van der Waals surface area contributed by atoms with Gasteiger partial charge in [-0.25, -0.2) is 4.79 Å². The molecule has 2 aromatic rings. The Labute approximate surface area is 210 Å². The zero-order valence-electron chi connectivity index (χ0n) is 20.8. The summed E-state index contributed by atoms with van der Waals surface area (Å²) in [6, 6.07) is 14.1. The smallest absolute Gasteiger partial charge is 0.312 e. The molecule has 4 unspecified atom stereocenters. The number of nitrogens with one attached hydrogen (secondary N) is 2. The Bertz CT molecular complexity index is 1080. The van der Waals surface area contributed by atoms with Gasteiger partial charge < -0.3 is 25.8 Å². The van der Waals surface area contributed by atoms with Crippen molar-refractivity contribution in [3.8, 4) is 5.75 Å². The van der Waals surface area contributed by atoms with Gasteiger partial charge >= 0.3 is 6.03 Å². The molecule has 0 aromatic heterocycles. The van der Waals surface area contributed by atoms with Crippen molar-refractivity contribution in [2.24, 2.45) is 11.7 Å². The zero-order chi connectivity index (χ0) is 26.3. The number of ether oxygens (including phenoxy) is 2. The summed E-state index contributed by atoms with van der Waals surface area (Å²) in [5.41, 5.74) is 5.94. The van der Waals surface area contributed by atoms with Crippen LogP contribution in [-0.4, -0.2) is 54.9 Å². The molecule has 1 saturated heterocycles. The molecular formula is C27H33N3O6. The quantitative estimate of drug-likeness (QED) is 0.363. The van der Waals surface area contributed by atoms with Gasteiger partial charge in [-0.05, 0) is 49.9 Å². The van der Waals surface area contributed by atoms with E-state index in [4.69, 9.17) is 15.2 Å². The van der Waals surface area contributed by atoms with Crippen molar-refractivity contribution in [1.29, 1.82) is 0 Å². The highest BCUT2D eigenvalue weighted by molar-refractivity contribution is 5.98. The summed E-state index contributed by atoms with van der Waals surface area (Å²) < 4.78 is 10.5. The highest BCUT2D eigenvalue weighted by Crippen LogP contribution is 2.29. The molecule has 0 radical (unpaired) electrons. The van der Waals surface area contributed by atoms with Crippen molar-refractivity contribution in [3.05, 3.63) is 65.7 Å². The maximum absolute atomic E-state index is 13.5. The van der Waals surface area contributed by atoms with Gasteiger partial charge in [0.05, 0.1) is 25.8 Å². The Hall–Kier alpha value is -3.72. The lowest BCUT2D eigenvalue weighted by molar-refractivity contribution is -0.134. The van der Waals surface area contributed by atoms with Crippen LogP contribution < -0.4 is 21.1 Å². The SMILES string of the molecule is COc1ccc(CC(CC(=O)C(C)NC(N)=O)C(=O)NC(Cc2ccccc2)C(=O)C2(C)CO2)cc1. The minimum atomic E-state index is -0.923. The van der Waals surface area contributed by atoms with Crippen LogP contribution in [0.25, 0.3) is 0 Å². The molecule has 3 rings (SSSR count). The normalized spacial score (nSPS) is 18.9. The maximum atomic E-state index is 13.5. The van der Waals surface area contributed by atoms with Gasteiger partial charge in [-0.15, -0.1) is 0 Å². The first-order chi connectivity index (χ1) is 17.1. The summed E-state index contributed by atoms with van der Waals surface area (Å²) in [5, 5.41) is 5.24. The van der Waals surface area contributed by atoms with Crippen molar-refractivity contribution in [3.63, 3.8) is 0 Å². The molecule has 4 N–H and O–H groups in total. The maximum Gasteiger partial charge on any atom is 0.312 e. The molecule has 36 heavy (non-hydrogen) atoms. The summed E-state index contributed by atoms with van der Waals surface area (Å²) in [6.07, 6.45) is 0.414. The van der Waals surface area contributed by atoms with Gasteiger partial charge in [0.1, 0.15) is 11.4 Å². The van der Waals surface area contributed by atoms with Crippen molar-refractivity contribution >= 4 is 23.5 Å². The molecule has 2 aromatic carbocycles. The lowest BCUT2D eigenvalue weighted by Gasteiger charge is -2.24. The number of ketones is 2. The minimum absolute atomic E-state index is 0.140. The highest BCUT2D eigenvalue weighted by atomic mass is 16.6. The number of carbonyl (C=O) groups excluding carboxylic acids is 4. The summed E-state index contributed by atoms with van der Waals surface area (Å²) in [7, 11) is 1.56. The summed E-state index contributed by atoms with van der Waals surface area (Å²) in [5.74, 6) is -1.09. The third-order valence-electron chi connectivity index (χ3n) is 6.32. The first-order valence-corrected chi connectivity index (χ1v) is 11.9. The molecule has 9 nitrogen and oxygen atoms in total. The number of nitrogens with two attached hydrogens (primary N) is 1. The third-order valence-corrected chi connectivity index (χ3v) is 6.32. The number of methoxy groups -OCH3 is 1. The van der Waals surface area contributed by atoms with Crippen LogP contribution in [0.4, 0.5) is 4.79 Å². The largest absolute Gasteiger partial charge is 0.497 e. The lowest BCUT2D eigenvalue weighted by atomic mass is 9.89. The number of Topliss-reactive ketones (excluding diaryl/α,β-unsaturated/α-hetero) is 2. The number of hydrogen-bond donors (Lipinski definition) is 3. The third kappa shape index (κ3) is 7.39. The van der Waals surface area contributed by atoms with Crippen molar-refractivity contribution < 1.29 is 28.7 Å². The molecule has 0 spiro atoms. The average Bonchev–Trinajstić information content (AvgIpc) is 3.61. The Morgan fingerprint density at radius 2 is 1.61 bits per heavy atom. The van der Waals surface area contributed by atoms with E-state index >= 15 is 0 Å². The fourth-order valence-electron chi connectivity index (χ4n) is 3.98. The Kier molecular flexibility index (Phi) is 8.82. The van der Waals surface area contributed by atoms with Crippen LogP contribution in [0.3, 0.4) is 0 Å². The molecule has 4 atom stereocenters. The number of urea groups is 1. The van der Waals surface area contributed by atoms with E-state index in [1.165, 1.54) is 6.92 Å². The second kappa shape index (κ2) is 11.8. The van der Waals surface area contributed by atoms with E-state index in [0.717, 1.165) is 11.1 Å². The number of carbonyl (C=O) groups is 4. The predicted molar refractivity (Wildman–Crippen MR) is 133 cm³/mol. The minimum Gasteiger partial charge on any atom is -0.497 e. The summed E-state index contributed by atoms with van der Waals surface area (Å²) >= 11 is 0. The molecule has 0 aliphatic carbocycles. The predicted octanol–water partition coefficient (Wildman–Crippen LogP) is 1.96. The number of benzene rings is 2. The van der Waals surface area contributed by atoms with E-state index in [1.807, 2.05) is 42.5 Å². The van der Waals surface area contributed by atoms with Crippen LogP contribution in [0, 0.1) is 5.92 Å². The molecule has 0 saturated carbocycles. The van der Waals surface area contributed by atoms with Crippen molar-refractivity contribution in [2.75, 3.05) is 13.7 Å². The van der Waals surface area contributed by atoms with E-state index in [0.29, 0.717) is 18.8 Å². The van der Waals surface area contributed by atoms with E-state index < -0.39 is 35.5 Å². The molecular weight excluding hydrogens is 462 g/mol. The fraction of sp³-hybridized carbons (Fsp3) is 0.407. The molecule has 9 heteroatoms. The Morgan fingerprint density at radius 3 is 2.17 bits per heavy atom. The Balaban J connectivity index is 1.81. The molecule has 0 bridgehead atoms. The van der Waals surface area contributed by atoms with Gasteiger partial charge in [0.15, 0.2) is 11.6 Å². The van der Waals surface area contributed by atoms with Crippen LogP contribution in [-0.2, 0) is 32.0 Å². The van der Waals surface area contributed by atoms with Crippen LogP contribution in [0.5, 0.6) is 5.75 Å². The summed E-state index contributed by atoms with van der Waals surface area (Å²) in [4.78, 5) is 50.7. The van der Waals surface area contributed by atoms with E-state index in [2.05, 4.69) is 10.6 Å². The number of amides is 3. The second-order valence-corrected chi connectivity index (χ2v) is 9.28. The van der Waals surface area contributed by atoms with Gasteiger partial charge in [0.2, 0.25) is 5.91 Å². The van der Waals surface area contributed by atoms with Crippen molar-refractivity contribution in [1.82, 2.24) is 10.6 Å². The van der Waals surface area contributed by atoms with Gasteiger partial charge in [-0.3, -0.25) is 14.4 Å². The first kappa shape index (κ1) is 26.9. The highest BCUT2D eigenvalue weighted by Gasteiger charge is 2.50. The van der Waals surface area contributed by atoms with Crippen LogP contribution >= 0.6 is 0 Å². The van der Waals surface area contributed by atoms with Gasteiger partial charge in [-0.2, -0.15) is 0 Å². The van der Waals surface area contributed by atoms with Gasteiger partial charge in [0.25, 0.3) is 0 Å². The number of rotatable bonds is 13. The topological polar surface area (TPSA) is 140 Å². The number of epoxide rings is 1. The number of primary amides is 1. The molecule has 1 heterocycles. The monoisotopic (exact) mass is 495 g/mol. The number of hydrogen-bond acceptors (Lipinski definition) is 6. The Morgan fingerprint density at radius 1 is 1.00 bits per heavy atom. The van der Waals surface area contributed by atoms with Crippen LogP contribution in [0.15, 0.2) is 54.6 Å².